The average molecular weight is 265 g/mol. The summed E-state index contributed by atoms with van der Waals surface area (Å²) >= 11 is 0. The molecule has 0 bridgehead atoms. The molecule has 1 amide bonds. The number of rotatable bonds is 4. The van der Waals surface area contributed by atoms with Gasteiger partial charge in [0.25, 0.3) is 5.91 Å². The van der Waals surface area contributed by atoms with Crippen molar-refractivity contribution in [1.82, 2.24) is 9.47 Å². The Labute approximate surface area is 114 Å². The summed E-state index contributed by atoms with van der Waals surface area (Å²) in [6.07, 6.45) is 3.89. The second-order valence-corrected chi connectivity index (χ2v) is 5.19. The Kier molecular flexibility index (Phi) is 4.47. The highest BCUT2D eigenvalue weighted by Gasteiger charge is 2.21. The van der Waals surface area contributed by atoms with E-state index in [1.165, 1.54) is 0 Å². The first kappa shape index (κ1) is 13.9. The van der Waals surface area contributed by atoms with Crippen LogP contribution < -0.4 is 5.73 Å². The maximum atomic E-state index is 12.4. The molecule has 0 atom stereocenters. The van der Waals surface area contributed by atoms with Gasteiger partial charge in [0.1, 0.15) is 5.69 Å². The number of ether oxygens (including phenoxy) is 1. The summed E-state index contributed by atoms with van der Waals surface area (Å²) in [5.74, 6) is 0.593. The standard InChI is InChI=1S/C14H23N3O2/c1-3-17-10-12(15)8-13(17)14(18)16(2)9-11-4-6-19-7-5-11/h8,10-11H,3-7,9,15H2,1-2H3. The summed E-state index contributed by atoms with van der Waals surface area (Å²) in [7, 11) is 1.86. The van der Waals surface area contributed by atoms with Gasteiger partial charge in [-0.25, -0.2) is 0 Å². The molecule has 1 fully saturated rings. The predicted molar refractivity (Wildman–Crippen MR) is 75.0 cm³/mol. The lowest BCUT2D eigenvalue weighted by Crippen LogP contribution is -2.35. The number of hydrogen-bond donors (Lipinski definition) is 1. The lowest BCUT2D eigenvalue weighted by Gasteiger charge is -2.27. The quantitative estimate of drug-likeness (QED) is 0.899. The smallest absolute Gasteiger partial charge is 0.270 e. The van der Waals surface area contributed by atoms with Crippen molar-refractivity contribution in [2.24, 2.45) is 5.92 Å². The molecule has 0 aliphatic carbocycles. The highest BCUT2D eigenvalue weighted by molar-refractivity contribution is 5.93. The molecule has 0 unspecified atom stereocenters. The maximum absolute atomic E-state index is 12.4. The van der Waals surface area contributed by atoms with E-state index in [0.29, 0.717) is 17.3 Å². The van der Waals surface area contributed by atoms with Gasteiger partial charge in [0.15, 0.2) is 0 Å². The average Bonchev–Trinajstić information content (AvgIpc) is 2.80. The second kappa shape index (κ2) is 6.10. The van der Waals surface area contributed by atoms with E-state index in [1.807, 2.05) is 24.7 Å². The van der Waals surface area contributed by atoms with E-state index < -0.39 is 0 Å². The molecule has 1 aromatic rings. The normalized spacial score (nSPS) is 16.5. The minimum Gasteiger partial charge on any atom is -0.397 e. The third-order valence-electron chi connectivity index (χ3n) is 3.70. The van der Waals surface area contributed by atoms with Crippen LogP contribution in [0.15, 0.2) is 12.3 Å². The summed E-state index contributed by atoms with van der Waals surface area (Å²) in [4.78, 5) is 14.2. The molecule has 1 aliphatic heterocycles. The van der Waals surface area contributed by atoms with Crippen LogP contribution in [0.25, 0.3) is 0 Å². The number of amides is 1. The molecule has 5 heteroatoms. The Bertz CT molecular complexity index is 436. The Balaban J connectivity index is 2.01. The van der Waals surface area contributed by atoms with Gasteiger partial charge in [-0.15, -0.1) is 0 Å². The lowest BCUT2D eigenvalue weighted by atomic mass is 10.00. The Morgan fingerprint density at radius 2 is 2.21 bits per heavy atom. The Morgan fingerprint density at radius 3 is 2.84 bits per heavy atom. The van der Waals surface area contributed by atoms with Gasteiger partial charge in [-0.3, -0.25) is 4.79 Å². The van der Waals surface area contributed by atoms with Crippen LogP contribution in [0.2, 0.25) is 0 Å². The molecule has 0 radical (unpaired) electrons. The molecule has 2 rings (SSSR count). The third-order valence-corrected chi connectivity index (χ3v) is 3.70. The first-order chi connectivity index (χ1) is 9.11. The van der Waals surface area contributed by atoms with Crippen molar-refractivity contribution in [2.45, 2.75) is 26.3 Å². The second-order valence-electron chi connectivity index (χ2n) is 5.19. The highest BCUT2D eigenvalue weighted by atomic mass is 16.5. The number of carbonyl (C=O) groups is 1. The molecular formula is C14H23N3O2. The van der Waals surface area contributed by atoms with Gasteiger partial charge in [0.05, 0.1) is 5.69 Å². The number of hydrogen-bond acceptors (Lipinski definition) is 3. The number of aromatic nitrogens is 1. The largest absolute Gasteiger partial charge is 0.397 e. The topological polar surface area (TPSA) is 60.5 Å². The number of nitrogens with zero attached hydrogens (tertiary/aromatic N) is 2. The summed E-state index contributed by atoms with van der Waals surface area (Å²) in [6, 6.07) is 1.76. The third kappa shape index (κ3) is 3.29. The molecular weight excluding hydrogens is 242 g/mol. The molecule has 1 saturated heterocycles. The summed E-state index contributed by atoms with van der Waals surface area (Å²) in [5.41, 5.74) is 7.09. The van der Waals surface area contributed by atoms with Gasteiger partial charge in [0.2, 0.25) is 0 Å². The minimum atomic E-state index is 0.0463. The van der Waals surface area contributed by atoms with E-state index in [-0.39, 0.29) is 5.91 Å². The van der Waals surface area contributed by atoms with Gasteiger partial charge in [-0.2, -0.15) is 0 Å². The summed E-state index contributed by atoms with van der Waals surface area (Å²) in [6.45, 7) is 5.17. The molecule has 2 heterocycles. The van der Waals surface area contributed by atoms with Crippen molar-refractivity contribution in [2.75, 3.05) is 32.5 Å². The van der Waals surface area contributed by atoms with Gasteiger partial charge < -0.3 is 19.9 Å². The van der Waals surface area contributed by atoms with Crippen LogP contribution in [-0.2, 0) is 11.3 Å². The van der Waals surface area contributed by atoms with Crippen molar-refractivity contribution >= 4 is 11.6 Å². The van der Waals surface area contributed by atoms with Crippen LogP contribution in [0, 0.1) is 5.92 Å². The number of nitrogens with two attached hydrogens (primary N) is 1. The highest BCUT2D eigenvalue weighted by Crippen LogP contribution is 2.18. The van der Waals surface area contributed by atoms with Gasteiger partial charge in [0, 0.05) is 39.5 Å². The van der Waals surface area contributed by atoms with Crippen LogP contribution in [-0.4, -0.2) is 42.2 Å². The maximum Gasteiger partial charge on any atom is 0.270 e. The van der Waals surface area contributed by atoms with Gasteiger partial charge >= 0.3 is 0 Å². The van der Waals surface area contributed by atoms with Crippen molar-refractivity contribution in [3.05, 3.63) is 18.0 Å². The zero-order chi connectivity index (χ0) is 13.8. The zero-order valence-corrected chi connectivity index (χ0v) is 11.8. The molecule has 0 saturated carbocycles. The molecule has 106 valence electrons. The lowest BCUT2D eigenvalue weighted by molar-refractivity contribution is 0.0493. The SMILES string of the molecule is CCn1cc(N)cc1C(=O)N(C)CC1CCOCC1. The monoisotopic (exact) mass is 265 g/mol. The predicted octanol–water partition coefficient (Wildman–Crippen LogP) is 1.59. The molecule has 0 spiro atoms. The van der Waals surface area contributed by atoms with Crippen LogP contribution in [0.1, 0.15) is 30.3 Å². The number of aryl methyl sites for hydroxylation is 1. The Hall–Kier alpha value is -1.49. The Morgan fingerprint density at radius 1 is 1.53 bits per heavy atom. The van der Waals surface area contributed by atoms with Crippen LogP contribution in [0.4, 0.5) is 5.69 Å². The van der Waals surface area contributed by atoms with E-state index in [0.717, 1.165) is 39.1 Å². The first-order valence-electron chi connectivity index (χ1n) is 6.90. The first-order valence-corrected chi connectivity index (χ1v) is 6.90. The van der Waals surface area contributed by atoms with Crippen LogP contribution in [0.3, 0.4) is 0 Å². The van der Waals surface area contributed by atoms with Gasteiger partial charge in [-0.1, -0.05) is 0 Å². The van der Waals surface area contributed by atoms with Crippen molar-refractivity contribution in [1.29, 1.82) is 0 Å². The number of anilines is 1. The van der Waals surface area contributed by atoms with Crippen molar-refractivity contribution in [3.63, 3.8) is 0 Å². The van der Waals surface area contributed by atoms with Crippen molar-refractivity contribution in [3.8, 4) is 0 Å². The number of nitrogen functional groups attached to an aromatic ring is 1. The molecule has 0 aromatic carbocycles. The van der Waals surface area contributed by atoms with Crippen LogP contribution >= 0.6 is 0 Å². The molecule has 19 heavy (non-hydrogen) atoms. The molecule has 2 N–H and O–H groups in total. The summed E-state index contributed by atoms with van der Waals surface area (Å²) in [5, 5.41) is 0. The van der Waals surface area contributed by atoms with E-state index in [4.69, 9.17) is 10.5 Å². The van der Waals surface area contributed by atoms with E-state index in [1.54, 1.807) is 11.0 Å². The zero-order valence-electron chi connectivity index (χ0n) is 11.8. The van der Waals surface area contributed by atoms with Crippen molar-refractivity contribution < 1.29 is 9.53 Å². The fraction of sp³-hybridized carbons (Fsp3) is 0.643. The van der Waals surface area contributed by atoms with Crippen LogP contribution in [0.5, 0.6) is 0 Å². The fourth-order valence-electron chi connectivity index (χ4n) is 2.57. The molecule has 1 aliphatic rings. The van der Waals surface area contributed by atoms with E-state index >= 15 is 0 Å². The fourth-order valence-corrected chi connectivity index (χ4v) is 2.57. The molecule has 1 aromatic heterocycles. The minimum absolute atomic E-state index is 0.0463. The summed E-state index contributed by atoms with van der Waals surface area (Å²) < 4.78 is 7.24. The molecule has 5 nitrogen and oxygen atoms in total. The van der Waals surface area contributed by atoms with E-state index in [9.17, 15) is 4.79 Å². The van der Waals surface area contributed by atoms with E-state index in [2.05, 4.69) is 0 Å². The van der Waals surface area contributed by atoms with Gasteiger partial charge in [-0.05, 0) is 31.7 Å². The number of carbonyl (C=O) groups excluding carboxylic acids is 1.